The maximum absolute atomic E-state index is 6.16. The zero-order chi connectivity index (χ0) is 28.3. The molecule has 43 heavy (non-hydrogen) atoms. The van der Waals surface area contributed by atoms with Crippen molar-refractivity contribution in [2.45, 2.75) is 0 Å². The van der Waals surface area contributed by atoms with Gasteiger partial charge in [0.05, 0.1) is 0 Å². The molecule has 0 saturated heterocycles. The number of para-hydroxylation sites is 2. The summed E-state index contributed by atoms with van der Waals surface area (Å²) in [5.41, 5.74) is 9.13. The van der Waals surface area contributed by atoms with Gasteiger partial charge in [0.15, 0.2) is 0 Å². The van der Waals surface area contributed by atoms with E-state index in [1.54, 1.807) is 0 Å². The molecule has 0 aliphatic rings. The first kappa shape index (κ1) is 23.9. The maximum Gasteiger partial charge on any atom is 0.135 e. The highest BCUT2D eigenvalue weighted by Gasteiger charge is 2.17. The number of hydrogen-bond acceptors (Lipinski definition) is 3. The van der Waals surface area contributed by atoms with E-state index in [-0.39, 0.29) is 0 Å². The topological polar surface area (TPSA) is 29.5 Å². The van der Waals surface area contributed by atoms with Crippen LogP contribution in [0.15, 0.2) is 160 Å². The molecule has 9 rings (SSSR count). The highest BCUT2D eigenvalue weighted by molar-refractivity contribution is 6.08. The van der Waals surface area contributed by atoms with E-state index in [0.29, 0.717) is 0 Å². The molecule has 0 aliphatic heterocycles. The van der Waals surface area contributed by atoms with E-state index in [4.69, 9.17) is 8.83 Å². The number of anilines is 3. The van der Waals surface area contributed by atoms with Gasteiger partial charge >= 0.3 is 0 Å². The van der Waals surface area contributed by atoms with Gasteiger partial charge in [0.2, 0.25) is 0 Å². The molecule has 3 nitrogen and oxygen atoms in total. The standard InChI is InChI=1S/C40H25NO2/c1-2-8-28-23-29(14-13-26(28)7-1)27-15-17-30(18-16-27)41(31-19-21-39-35(24-31)33-9-3-5-11-37(33)42-39)32-20-22-40-36(25-32)34-10-4-6-12-38(34)43-40/h1-25H. The highest BCUT2D eigenvalue weighted by atomic mass is 16.3. The van der Waals surface area contributed by atoms with Crippen LogP contribution >= 0.6 is 0 Å². The van der Waals surface area contributed by atoms with Crippen LogP contribution < -0.4 is 4.90 Å². The van der Waals surface area contributed by atoms with Crippen LogP contribution in [0.5, 0.6) is 0 Å². The number of furan rings is 2. The minimum atomic E-state index is 0.882. The molecule has 0 radical (unpaired) electrons. The van der Waals surface area contributed by atoms with Crippen LogP contribution in [-0.4, -0.2) is 0 Å². The maximum atomic E-state index is 6.16. The Morgan fingerprint density at radius 3 is 1.44 bits per heavy atom. The summed E-state index contributed by atoms with van der Waals surface area (Å²) in [6, 6.07) is 53.3. The SMILES string of the molecule is c1ccc2cc(-c3ccc(N(c4ccc5oc6ccccc6c5c4)c4ccc5oc6ccccc6c5c4)cc3)ccc2c1. The number of hydrogen-bond donors (Lipinski definition) is 0. The Morgan fingerprint density at radius 1 is 0.326 bits per heavy atom. The lowest BCUT2D eigenvalue weighted by molar-refractivity contribution is 0.668. The highest BCUT2D eigenvalue weighted by Crippen LogP contribution is 2.41. The smallest absolute Gasteiger partial charge is 0.135 e. The molecule has 9 aromatic rings. The first-order chi connectivity index (χ1) is 21.3. The normalized spacial score (nSPS) is 11.7. The third-order valence-corrected chi connectivity index (χ3v) is 8.45. The summed E-state index contributed by atoms with van der Waals surface area (Å²) in [7, 11) is 0. The lowest BCUT2D eigenvalue weighted by atomic mass is 10.0. The number of nitrogens with zero attached hydrogens (tertiary/aromatic N) is 1. The Hall–Kier alpha value is -5.80. The molecule has 0 amide bonds. The van der Waals surface area contributed by atoms with E-state index in [2.05, 4.69) is 132 Å². The number of fused-ring (bicyclic) bond motifs is 7. The van der Waals surface area contributed by atoms with Gasteiger partial charge in [0.25, 0.3) is 0 Å². The Labute approximate surface area is 247 Å². The summed E-state index contributed by atoms with van der Waals surface area (Å²) < 4.78 is 12.3. The molecule has 7 aromatic carbocycles. The van der Waals surface area contributed by atoms with Gasteiger partial charge in [-0.25, -0.2) is 0 Å². The summed E-state index contributed by atoms with van der Waals surface area (Å²) in [6.45, 7) is 0. The molecule has 0 atom stereocenters. The first-order valence-electron chi connectivity index (χ1n) is 14.5. The summed E-state index contributed by atoms with van der Waals surface area (Å²) in [4.78, 5) is 2.31. The fraction of sp³-hybridized carbons (Fsp3) is 0. The third-order valence-electron chi connectivity index (χ3n) is 8.45. The van der Waals surface area contributed by atoms with Crippen molar-refractivity contribution >= 4 is 71.7 Å². The van der Waals surface area contributed by atoms with Gasteiger partial charge in [-0.2, -0.15) is 0 Å². The lowest BCUT2D eigenvalue weighted by Crippen LogP contribution is -2.09. The van der Waals surface area contributed by atoms with E-state index >= 15 is 0 Å². The molecule has 0 bridgehead atoms. The summed E-state index contributed by atoms with van der Waals surface area (Å²) >= 11 is 0. The van der Waals surface area contributed by atoms with Crippen LogP contribution in [-0.2, 0) is 0 Å². The molecular formula is C40H25NO2. The quantitative estimate of drug-likeness (QED) is 0.218. The molecule has 0 saturated carbocycles. The Kier molecular flexibility index (Phi) is 5.20. The average Bonchev–Trinajstić information content (AvgIpc) is 3.63. The van der Waals surface area contributed by atoms with Gasteiger partial charge in [0, 0.05) is 38.6 Å². The summed E-state index contributed by atoms with van der Waals surface area (Å²) in [6.07, 6.45) is 0. The molecule has 0 fully saturated rings. The predicted octanol–water partition coefficient (Wildman–Crippen LogP) is 11.8. The van der Waals surface area contributed by atoms with E-state index in [1.165, 1.54) is 21.9 Å². The van der Waals surface area contributed by atoms with Gasteiger partial charge in [-0.1, -0.05) is 84.9 Å². The van der Waals surface area contributed by atoms with Crippen LogP contribution in [0.3, 0.4) is 0 Å². The molecule has 2 aromatic heterocycles. The molecule has 2 heterocycles. The van der Waals surface area contributed by atoms with Crippen molar-refractivity contribution in [2.24, 2.45) is 0 Å². The van der Waals surface area contributed by atoms with E-state index in [1.807, 2.05) is 24.3 Å². The predicted molar refractivity (Wildman–Crippen MR) is 179 cm³/mol. The Balaban J connectivity index is 1.22. The van der Waals surface area contributed by atoms with Crippen molar-refractivity contribution in [3.63, 3.8) is 0 Å². The van der Waals surface area contributed by atoms with Crippen molar-refractivity contribution in [2.75, 3.05) is 4.90 Å². The molecule has 0 N–H and O–H groups in total. The lowest BCUT2D eigenvalue weighted by Gasteiger charge is -2.26. The summed E-state index contributed by atoms with van der Waals surface area (Å²) in [5.74, 6) is 0. The van der Waals surface area contributed by atoms with Crippen molar-refractivity contribution in [1.82, 2.24) is 0 Å². The summed E-state index contributed by atoms with van der Waals surface area (Å²) in [5, 5.41) is 6.91. The van der Waals surface area contributed by atoms with Crippen molar-refractivity contribution < 1.29 is 8.83 Å². The molecule has 0 unspecified atom stereocenters. The van der Waals surface area contributed by atoms with Crippen molar-refractivity contribution in [3.8, 4) is 11.1 Å². The molecule has 3 heteroatoms. The Morgan fingerprint density at radius 2 is 0.814 bits per heavy atom. The minimum absolute atomic E-state index is 0.882. The first-order valence-corrected chi connectivity index (χ1v) is 14.5. The second-order valence-corrected chi connectivity index (χ2v) is 11.0. The number of rotatable bonds is 4. The average molecular weight is 552 g/mol. The zero-order valence-corrected chi connectivity index (χ0v) is 23.2. The number of benzene rings is 7. The molecular weight excluding hydrogens is 526 g/mol. The van der Waals surface area contributed by atoms with Gasteiger partial charge in [-0.15, -0.1) is 0 Å². The van der Waals surface area contributed by atoms with Gasteiger partial charge in [-0.05, 0) is 88.6 Å². The fourth-order valence-electron chi connectivity index (χ4n) is 6.33. The van der Waals surface area contributed by atoms with Crippen molar-refractivity contribution in [3.05, 3.63) is 152 Å². The second kappa shape index (κ2) is 9.37. The van der Waals surface area contributed by atoms with Crippen LogP contribution in [0, 0.1) is 0 Å². The molecule has 0 spiro atoms. The largest absolute Gasteiger partial charge is 0.456 e. The monoisotopic (exact) mass is 551 g/mol. The molecule has 202 valence electrons. The van der Waals surface area contributed by atoms with Gasteiger partial charge < -0.3 is 13.7 Å². The van der Waals surface area contributed by atoms with Crippen LogP contribution in [0.1, 0.15) is 0 Å². The van der Waals surface area contributed by atoms with Crippen LogP contribution in [0.2, 0.25) is 0 Å². The molecule has 0 aliphatic carbocycles. The van der Waals surface area contributed by atoms with Gasteiger partial charge in [-0.3, -0.25) is 0 Å². The third kappa shape index (κ3) is 3.90. The van der Waals surface area contributed by atoms with E-state index < -0.39 is 0 Å². The van der Waals surface area contributed by atoms with Gasteiger partial charge in [0.1, 0.15) is 22.3 Å². The van der Waals surface area contributed by atoms with Crippen molar-refractivity contribution in [1.29, 1.82) is 0 Å². The van der Waals surface area contributed by atoms with Crippen LogP contribution in [0.4, 0.5) is 17.1 Å². The second-order valence-electron chi connectivity index (χ2n) is 11.0. The zero-order valence-electron chi connectivity index (χ0n) is 23.2. The minimum Gasteiger partial charge on any atom is -0.456 e. The van der Waals surface area contributed by atoms with E-state index in [9.17, 15) is 0 Å². The van der Waals surface area contributed by atoms with Crippen LogP contribution in [0.25, 0.3) is 65.8 Å². The van der Waals surface area contributed by atoms with E-state index in [0.717, 1.165) is 60.9 Å². The fourth-order valence-corrected chi connectivity index (χ4v) is 6.33. The Bertz CT molecular complexity index is 2350.